The van der Waals surface area contributed by atoms with Gasteiger partial charge in [0.25, 0.3) is 0 Å². The molecule has 0 unspecified atom stereocenters. The van der Waals surface area contributed by atoms with E-state index in [9.17, 15) is 9.59 Å². The van der Waals surface area contributed by atoms with E-state index in [2.05, 4.69) is 0 Å². The minimum Gasteiger partial charge on any atom is -0.487 e. The molecule has 2 heterocycles. The van der Waals surface area contributed by atoms with E-state index in [1.807, 2.05) is 19.1 Å². The molecule has 8 heteroatoms. The van der Waals surface area contributed by atoms with Crippen LogP contribution in [0.15, 0.2) is 12.1 Å². The van der Waals surface area contributed by atoms with Crippen LogP contribution in [0.4, 0.5) is 21.0 Å². The molecule has 0 bridgehead atoms. The quantitative estimate of drug-likeness (QED) is 0.739. The van der Waals surface area contributed by atoms with E-state index >= 15 is 0 Å². The van der Waals surface area contributed by atoms with E-state index in [1.54, 1.807) is 7.11 Å². The molecule has 1 aromatic rings. The number of methoxy groups -OCH3 is 1. The molecule has 2 fully saturated rings. The predicted octanol–water partition coefficient (Wildman–Crippen LogP) is 1.93. The molecule has 0 aliphatic carbocycles. The number of nitrogens with zero attached hydrogens (tertiary/aromatic N) is 2. The molecule has 1 aromatic carbocycles. The van der Waals surface area contributed by atoms with Gasteiger partial charge in [-0.05, 0) is 24.6 Å². The maximum Gasteiger partial charge on any atom is 0.414 e. The van der Waals surface area contributed by atoms with Crippen LogP contribution in [0.1, 0.15) is 5.56 Å². The van der Waals surface area contributed by atoms with Crippen molar-refractivity contribution in [3.05, 3.63) is 17.7 Å². The zero-order valence-electron chi connectivity index (χ0n) is 13.7. The molecule has 2 aliphatic heterocycles. The summed E-state index contributed by atoms with van der Waals surface area (Å²) in [6.07, 6.45) is -0.848. The molecule has 130 valence electrons. The topological polar surface area (TPSA) is 77.5 Å². The van der Waals surface area contributed by atoms with Gasteiger partial charge in [-0.3, -0.25) is 9.80 Å². The van der Waals surface area contributed by atoms with Gasteiger partial charge in [-0.15, -0.1) is 0 Å². The average molecular weight is 336 g/mol. The largest absolute Gasteiger partial charge is 0.487 e. The molecule has 24 heavy (non-hydrogen) atoms. The van der Waals surface area contributed by atoms with Crippen molar-refractivity contribution in [1.82, 2.24) is 0 Å². The summed E-state index contributed by atoms with van der Waals surface area (Å²) in [6, 6.07) is 3.69. The normalized spacial score (nSPS) is 17.2. The number of hydrogen-bond donors (Lipinski definition) is 0. The molecule has 2 saturated heterocycles. The molecule has 0 spiro atoms. The average Bonchev–Trinajstić information content (AvgIpc) is 3.16. The first-order chi connectivity index (χ1) is 11.6. The first kappa shape index (κ1) is 16.4. The van der Waals surface area contributed by atoms with E-state index in [1.165, 1.54) is 9.80 Å². The van der Waals surface area contributed by atoms with Crippen molar-refractivity contribution in [2.45, 2.75) is 6.92 Å². The zero-order chi connectivity index (χ0) is 17.1. The van der Waals surface area contributed by atoms with Gasteiger partial charge < -0.3 is 18.9 Å². The second-order valence-electron chi connectivity index (χ2n) is 5.51. The third-order valence-electron chi connectivity index (χ3n) is 3.83. The fourth-order valence-corrected chi connectivity index (χ4v) is 2.74. The summed E-state index contributed by atoms with van der Waals surface area (Å²) in [6.45, 7) is 4.11. The van der Waals surface area contributed by atoms with Crippen LogP contribution in [-0.4, -0.2) is 58.8 Å². The van der Waals surface area contributed by atoms with Crippen molar-refractivity contribution in [2.24, 2.45) is 0 Å². The summed E-state index contributed by atoms with van der Waals surface area (Å²) in [5.74, 6) is 0.454. The van der Waals surface area contributed by atoms with Crippen LogP contribution in [0.25, 0.3) is 0 Å². The number of ether oxygens (including phenoxy) is 4. The Morgan fingerprint density at radius 2 is 1.54 bits per heavy atom. The Hall–Kier alpha value is -2.48. The van der Waals surface area contributed by atoms with Crippen LogP contribution in [0.2, 0.25) is 0 Å². The van der Waals surface area contributed by atoms with Crippen molar-refractivity contribution in [1.29, 1.82) is 0 Å². The van der Waals surface area contributed by atoms with Crippen molar-refractivity contribution >= 4 is 23.6 Å². The number of hydrogen-bond acceptors (Lipinski definition) is 6. The van der Waals surface area contributed by atoms with Crippen molar-refractivity contribution in [3.63, 3.8) is 0 Å². The second-order valence-corrected chi connectivity index (χ2v) is 5.51. The minimum absolute atomic E-state index is 0.297. The lowest BCUT2D eigenvalue weighted by Crippen LogP contribution is -2.28. The third kappa shape index (κ3) is 3.09. The Morgan fingerprint density at radius 3 is 1.96 bits per heavy atom. The number of aryl methyl sites for hydroxylation is 1. The van der Waals surface area contributed by atoms with Crippen LogP contribution < -0.4 is 14.5 Å². The monoisotopic (exact) mass is 336 g/mol. The van der Waals surface area contributed by atoms with Crippen molar-refractivity contribution < 1.29 is 28.5 Å². The lowest BCUT2D eigenvalue weighted by molar-refractivity contribution is 0.146. The van der Waals surface area contributed by atoms with Gasteiger partial charge in [0, 0.05) is 7.11 Å². The number of carbonyl (C=O) groups excluding carboxylic acids is 2. The fraction of sp³-hybridized carbons (Fsp3) is 0.500. The van der Waals surface area contributed by atoms with Gasteiger partial charge in [0.05, 0.1) is 31.1 Å². The van der Waals surface area contributed by atoms with Crippen LogP contribution in [0.5, 0.6) is 5.75 Å². The van der Waals surface area contributed by atoms with Crippen LogP contribution in [0, 0.1) is 6.92 Å². The third-order valence-corrected chi connectivity index (χ3v) is 3.83. The summed E-state index contributed by atoms with van der Waals surface area (Å²) >= 11 is 0. The summed E-state index contributed by atoms with van der Waals surface area (Å²) in [5, 5.41) is 0. The maximum atomic E-state index is 12.0. The van der Waals surface area contributed by atoms with E-state index < -0.39 is 12.2 Å². The summed E-state index contributed by atoms with van der Waals surface area (Å²) in [7, 11) is 1.58. The summed E-state index contributed by atoms with van der Waals surface area (Å²) < 4.78 is 20.9. The maximum absolute atomic E-state index is 12.0. The highest BCUT2D eigenvalue weighted by atomic mass is 16.6. The molecule has 2 amide bonds. The van der Waals surface area contributed by atoms with E-state index in [0.29, 0.717) is 56.6 Å². The highest BCUT2D eigenvalue weighted by molar-refractivity contribution is 5.97. The number of rotatable bonds is 6. The number of benzene rings is 1. The van der Waals surface area contributed by atoms with Crippen molar-refractivity contribution in [3.8, 4) is 5.75 Å². The van der Waals surface area contributed by atoms with Gasteiger partial charge in [-0.1, -0.05) is 0 Å². The molecule has 3 rings (SSSR count). The minimum atomic E-state index is -0.424. The lowest BCUT2D eigenvalue weighted by Gasteiger charge is -2.24. The van der Waals surface area contributed by atoms with Crippen LogP contribution in [0.3, 0.4) is 0 Å². The Labute approximate surface area is 139 Å². The van der Waals surface area contributed by atoms with Crippen molar-refractivity contribution in [2.75, 3.05) is 56.4 Å². The lowest BCUT2D eigenvalue weighted by atomic mass is 10.1. The molecule has 0 radical (unpaired) electrons. The summed E-state index contributed by atoms with van der Waals surface area (Å²) in [4.78, 5) is 27.0. The van der Waals surface area contributed by atoms with E-state index in [4.69, 9.17) is 18.9 Å². The predicted molar refractivity (Wildman–Crippen MR) is 85.9 cm³/mol. The zero-order valence-corrected chi connectivity index (χ0v) is 13.7. The van der Waals surface area contributed by atoms with Crippen LogP contribution in [-0.2, 0) is 14.2 Å². The first-order valence-corrected chi connectivity index (χ1v) is 7.77. The smallest absolute Gasteiger partial charge is 0.414 e. The Kier molecular flexibility index (Phi) is 4.75. The van der Waals surface area contributed by atoms with Gasteiger partial charge in [-0.25, -0.2) is 9.59 Å². The first-order valence-electron chi connectivity index (χ1n) is 7.77. The standard InChI is InChI=1S/C16H20N2O6/c1-11-9-12(17-3-5-23-15(17)19)14(22-8-7-21-2)13(10-11)18-4-6-24-16(18)20/h9-10H,3-8H2,1-2H3. The fourth-order valence-electron chi connectivity index (χ4n) is 2.74. The SMILES string of the molecule is COCCOc1c(N2CCOC2=O)cc(C)cc1N1CCOC1=O. The van der Waals surface area contributed by atoms with Gasteiger partial charge in [0.2, 0.25) is 0 Å². The van der Waals surface area contributed by atoms with E-state index in [-0.39, 0.29) is 0 Å². The molecule has 0 N–H and O–H groups in total. The number of anilines is 2. The molecule has 0 aromatic heterocycles. The van der Waals surface area contributed by atoms with Gasteiger partial charge in [0.15, 0.2) is 5.75 Å². The molecule has 8 nitrogen and oxygen atoms in total. The Morgan fingerprint density at radius 1 is 1.00 bits per heavy atom. The van der Waals surface area contributed by atoms with E-state index in [0.717, 1.165) is 5.56 Å². The molecular formula is C16H20N2O6. The Bertz CT molecular complexity index is 600. The highest BCUT2D eigenvalue weighted by Crippen LogP contribution is 2.41. The Balaban J connectivity index is 2.03. The second kappa shape index (κ2) is 6.96. The number of carbonyl (C=O) groups is 2. The number of amides is 2. The highest BCUT2D eigenvalue weighted by Gasteiger charge is 2.32. The molecule has 2 aliphatic rings. The molecule has 0 atom stereocenters. The summed E-state index contributed by atoms with van der Waals surface area (Å²) in [5.41, 5.74) is 2.07. The van der Waals surface area contributed by atoms with Crippen LogP contribution >= 0.6 is 0 Å². The molecule has 0 saturated carbocycles. The number of cyclic esters (lactones) is 2. The van der Waals surface area contributed by atoms with Gasteiger partial charge in [-0.2, -0.15) is 0 Å². The van der Waals surface area contributed by atoms with Gasteiger partial charge in [0.1, 0.15) is 19.8 Å². The van der Waals surface area contributed by atoms with Gasteiger partial charge >= 0.3 is 12.2 Å². The molecular weight excluding hydrogens is 316 g/mol.